The van der Waals surface area contributed by atoms with Crippen molar-refractivity contribution < 1.29 is 21.6 Å². The molecule has 0 amide bonds. The van der Waals surface area contributed by atoms with Crippen LogP contribution in [0.5, 0.6) is 0 Å². The van der Waals surface area contributed by atoms with Gasteiger partial charge in [-0.1, -0.05) is 24.3 Å². The van der Waals surface area contributed by atoms with Gasteiger partial charge in [-0.2, -0.15) is 13.2 Å². The summed E-state index contributed by atoms with van der Waals surface area (Å²) in [5, 5.41) is 10.9. The summed E-state index contributed by atoms with van der Waals surface area (Å²) in [5.74, 6) is 0. The summed E-state index contributed by atoms with van der Waals surface area (Å²) in [4.78, 5) is -0.950. The molecule has 0 aliphatic carbocycles. The molecule has 2 aromatic rings. The summed E-state index contributed by atoms with van der Waals surface area (Å²) >= 11 is 0. The van der Waals surface area contributed by atoms with Gasteiger partial charge in [0.15, 0.2) is 0 Å². The van der Waals surface area contributed by atoms with Gasteiger partial charge in [0.2, 0.25) is 10.0 Å². The van der Waals surface area contributed by atoms with Crippen LogP contribution in [-0.4, -0.2) is 8.42 Å². The maximum absolute atomic E-state index is 13.2. The highest BCUT2D eigenvalue weighted by molar-refractivity contribution is 7.89. The average Bonchev–Trinajstić information content (AvgIpc) is 2.87. The SMILES string of the molecule is Cc1ccccc1C1Nc2cc(C(F)(F)F)c(S(N)(=O)=O)cc2N1. The largest absolute Gasteiger partial charge is 0.417 e. The average molecular weight is 357 g/mol. The number of anilines is 2. The van der Waals surface area contributed by atoms with Gasteiger partial charge in [-0.3, -0.25) is 0 Å². The predicted octanol–water partition coefficient (Wildman–Crippen LogP) is 3.20. The van der Waals surface area contributed by atoms with Crippen LogP contribution in [0, 0.1) is 6.92 Å². The molecule has 1 unspecified atom stereocenters. The van der Waals surface area contributed by atoms with Crippen molar-refractivity contribution >= 4 is 21.4 Å². The molecule has 0 aromatic heterocycles. The number of hydrogen-bond acceptors (Lipinski definition) is 4. The Morgan fingerprint density at radius 1 is 1.08 bits per heavy atom. The van der Waals surface area contributed by atoms with E-state index in [4.69, 9.17) is 5.14 Å². The van der Waals surface area contributed by atoms with E-state index >= 15 is 0 Å². The van der Waals surface area contributed by atoms with Gasteiger partial charge in [0.05, 0.1) is 21.8 Å². The number of fused-ring (bicyclic) bond motifs is 1. The van der Waals surface area contributed by atoms with E-state index in [-0.39, 0.29) is 11.4 Å². The highest BCUT2D eigenvalue weighted by Crippen LogP contribution is 2.43. The minimum atomic E-state index is -4.83. The van der Waals surface area contributed by atoms with Gasteiger partial charge < -0.3 is 10.6 Å². The number of rotatable bonds is 2. The van der Waals surface area contributed by atoms with Crippen LogP contribution in [0.1, 0.15) is 22.9 Å². The molecule has 1 aliphatic rings. The van der Waals surface area contributed by atoms with Crippen LogP contribution >= 0.6 is 0 Å². The Bertz CT molecular complexity index is 911. The lowest BCUT2D eigenvalue weighted by Gasteiger charge is -2.15. The molecule has 9 heteroatoms. The third kappa shape index (κ3) is 2.92. The van der Waals surface area contributed by atoms with E-state index in [0.717, 1.165) is 23.3 Å². The van der Waals surface area contributed by atoms with E-state index in [1.165, 1.54) is 0 Å². The number of benzene rings is 2. The van der Waals surface area contributed by atoms with Crippen LogP contribution in [0.25, 0.3) is 0 Å². The molecule has 4 N–H and O–H groups in total. The van der Waals surface area contributed by atoms with Crippen LogP contribution in [0.15, 0.2) is 41.3 Å². The van der Waals surface area contributed by atoms with Crippen LogP contribution in [0.3, 0.4) is 0 Å². The Hall–Kier alpha value is -2.26. The van der Waals surface area contributed by atoms with E-state index in [0.29, 0.717) is 0 Å². The summed E-state index contributed by atoms with van der Waals surface area (Å²) in [7, 11) is -4.52. The summed E-state index contributed by atoms with van der Waals surface area (Å²) < 4.78 is 62.6. The van der Waals surface area contributed by atoms with Gasteiger partial charge in [-0.15, -0.1) is 0 Å². The second-order valence-electron chi connectivity index (χ2n) is 5.51. The van der Waals surface area contributed by atoms with Crippen LogP contribution < -0.4 is 15.8 Å². The number of aryl methyl sites for hydroxylation is 1. The van der Waals surface area contributed by atoms with Crippen molar-refractivity contribution in [2.75, 3.05) is 10.6 Å². The Morgan fingerprint density at radius 3 is 2.21 bits per heavy atom. The molecule has 0 bridgehead atoms. The number of hydrogen-bond donors (Lipinski definition) is 3. The van der Waals surface area contributed by atoms with E-state index in [1.54, 1.807) is 0 Å². The minimum absolute atomic E-state index is 0.169. The zero-order valence-corrected chi connectivity index (χ0v) is 13.3. The Balaban J connectivity index is 2.09. The topological polar surface area (TPSA) is 84.2 Å². The number of nitrogens with one attached hydrogen (secondary N) is 2. The standard InChI is InChI=1S/C15H14F3N3O2S/c1-8-4-2-3-5-9(8)14-20-11-6-10(15(16,17)18)13(24(19,22)23)7-12(11)21-14/h2-7,14,20-21H,1H3,(H2,19,22,23). The summed E-state index contributed by atoms with van der Waals surface area (Å²) in [6.07, 6.45) is -5.29. The molecule has 0 radical (unpaired) electrons. The molecule has 3 rings (SSSR count). The molecule has 5 nitrogen and oxygen atoms in total. The second-order valence-corrected chi connectivity index (χ2v) is 7.04. The van der Waals surface area contributed by atoms with Crippen LogP contribution in [0.4, 0.5) is 24.5 Å². The Kier molecular flexibility index (Phi) is 3.72. The number of sulfonamides is 1. The van der Waals surface area contributed by atoms with Gasteiger partial charge in [-0.25, -0.2) is 13.6 Å². The number of nitrogens with two attached hydrogens (primary N) is 1. The molecular weight excluding hydrogens is 343 g/mol. The molecule has 2 aromatic carbocycles. The number of primary sulfonamides is 1. The monoisotopic (exact) mass is 357 g/mol. The lowest BCUT2D eigenvalue weighted by atomic mass is 10.1. The normalized spacial score (nSPS) is 17.1. The molecule has 128 valence electrons. The first-order valence-electron chi connectivity index (χ1n) is 6.94. The van der Waals surface area contributed by atoms with Crippen molar-refractivity contribution in [1.82, 2.24) is 0 Å². The van der Waals surface area contributed by atoms with Crippen LogP contribution in [0.2, 0.25) is 0 Å². The van der Waals surface area contributed by atoms with Crippen molar-refractivity contribution in [2.24, 2.45) is 5.14 Å². The fraction of sp³-hybridized carbons (Fsp3) is 0.200. The number of halogens is 3. The zero-order valence-electron chi connectivity index (χ0n) is 12.5. The first-order chi connectivity index (χ1) is 11.1. The summed E-state index contributed by atoms with van der Waals surface area (Å²) in [6.45, 7) is 1.87. The van der Waals surface area contributed by atoms with E-state index in [2.05, 4.69) is 10.6 Å². The van der Waals surface area contributed by atoms with E-state index in [9.17, 15) is 21.6 Å². The second kappa shape index (κ2) is 5.38. The molecule has 1 atom stereocenters. The summed E-state index contributed by atoms with van der Waals surface area (Å²) in [6, 6.07) is 9.04. The van der Waals surface area contributed by atoms with E-state index < -0.39 is 32.8 Å². The molecule has 0 spiro atoms. The zero-order chi connectivity index (χ0) is 17.7. The van der Waals surface area contributed by atoms with Crippen molar-refractivity contribution in [3.8, 4) is 0 Å². The molecule has 1 aliphatic heterocycles. The van der Waals surface area contributed by atoms with Crippen LogP contribution in [-0.2, 0) is 16.2 Å². The van der Waals surface area contributed by atoms with Gasteiger partial charge in [0, 0.05) is 0 Å². The lowest BCUT2D eigenvalue weighted by Crippen LogP contribution is -2.19. The molecule has 0 saturated heterocycles. The van der Waals surface area contributed by atoms with Gasteiger partial charge in [0.25, 0.3) is 0 Å². The lowest BCUT2D eigenvalue weighted by molar-refractivity contribution is -0.139. The van der Waals surface area contributed by atoms with Crippen molar-refractivity contribution in [3.63, 3.8) is 0 Å². The quantitative estimate of drug-likeness (QED) is 0.771. The van der Waals surface area contributed by atoms with Gasteiger partial charge in [0.1, 0.15) is 6.17 Å². The third-order valence-corrected chi connectivity index (χ3v) is 4.78. The number of alkyl halides is 3. The highest BCUT2D eigenvalue weighted by Gasteiger charge is 2.38. The van der Waals surface area contributed by atoms with Crippen molar-refractivity contribution in [1.29, 1.82) is 0 Å². The maximum Gasteiger partial charge on any atom is 0.417 e. The Morgan fingerprint density at radius 2 is 1.67 bits per heavy atom. The molecule has 1 heterocycles. The molecule has 0 saturated carbocycles. The fourth-order valence-electron chi connectivity index (χ4n) is 2.69. The fourth-order valence-corrected chi connectivity index (χ4v) is 3.45. The first kappa shape index (κ1) is 16.6. The Labute approximate surface area is 136 Å². The van der Waals surface area contributed by atoms with Gasteiger partial charge >= 0.3 is 6.18 Å². The molecule has 24 heavy (non-hydrogen) atoms. The predicted molar refractivity (Wildman–Crippen MR) is 84.0 cm³/mol. The first-order valence-corrected chi connectivity index (χ1v) is 8.48. The molecule has 0 fully saturated rings. The van der Waals surface area contributed by atoms with Crippen molar-refractivity contribution in [3.05, 3.63) is 53.1 Å². The van der Waals surface area contributed by atoms with E-state index in [1.807, 2.05) is 31.2 Å². The maximum atomic E-state index is 13.2. The molecular formula is C15H14F3N3O2S. The highest BCUT2D eigenvalue weighted by atomic mass is 32.2. The smallest absolute Gasteiger partial charge is 0.360 e. The third-order valence-electron chi connectivity index (χ3n) is 3.83. The van der Waals surface area contributed by atoms with Gasteiger partial charge in [-0.05, 0) is 30.2 Å². The minimum Gasteiger partial charge on any atom is -0.360 e. The summed E-state index contributed by atoms with van der Waals surface area (Å²) in [5.41, 5.74) is 0.921. The van der Waals surface area contributed by atoms with Crippen molar-refractivity contribution in [2.45, 2.75) is 24.2 Å².